The van der Waals surface area contributed by atoms with Crippen LogP contribution in [0.3, 0.4) is 0 Å². The first-order valence-electron chi connectivity index (χ1n) is 7.19. The van der Waals surface area contributed by atoms with Gasteiger partial charge in [0, 0.05) is 19.1 Å². The predicted octanol–water partition coefficient (Wildman–Crippen LogP) is 4.08. The molecule has 0 amide bonds. The van der Waals surface area contributed by atoms with E-state index in [0.29, 0.717) is 6.04 Å². The van der Waals surface area contributed by atoms with Crippen molar-refractivity contribution in [3.05, 3.63) is 51.8 Å². The van der Waals surface area contributed by atoms with Crippen LogP contribution in [0.25, 0.3) is 0 Å². The molecule has 0 radical (unpaired) electrons. The van der Waals surface area contributed by atoms with Gasteiger partial charge in [0.15, 0.2) is 0 Å². The third-order valence-electron chi connectivity index (χ3n) is 3.57. The van der Waals surface area contributed by atoms with Crippen LogP contribution in [0.4, 0.5) is 0 Å². The van der Waals surface area contributed by atoms with Gasteiger partial charge in [-0.05, 0) is 41.8 Å². The van der Waals surface area contributed by atoms with Gasteiger partial charge in [-0.25, -0.2) is 0 Å². The van der Waals surface area contributed by atoms with E-state index in [1.807, 2.05) is 6.07 Å². The summed E-state index contributed by atoms with van der Waals surface area (Å²) in [5.74, 6) is 0. The lowest BCUT2D eigenvalue weighted by Gasteiger charge is -2.15. The largest absolute Gasteiger partial charge is 0.305 e. The molecular weight excluding hydrogens is 314 g/mol. The Morgan fingerprint density at radius 3 is 2.55 bits per heavy atom. The van der Waals surface area contributed by atoms with Gasteiger partial charge < -0.3 is 5.32 Å². The van der Waals surface area contributed by atoms with Crippen LogP contribution < -0.4 is 5.32 Å². The van der Waals surface area contributed by atoms with Gasteiger partial charge in [-0.15, -0.1) is 0 Å². The second-order valence-corrected chi connectivity index (χ2v) is 5.68. The Labute approximate surface area is 129 Å². The van der Waals surface area contributed by atoms with Crippen molar-refractivity contribution in [2.24, 2.45) is 0 Å². The SMILES string of the molecule is CCc1nn(CC)c(CNC(C)c2ccccc2)c1Br. The summed E-state index contributed by atoms with van der Waals surface area (Å²) in [4.78, 5) is 0. The van der Waals surface area contributed by atoms with E-state index in [9.17, 15) is 0 Å². The molecule has 0 saturated heterocycles. The topological polar surface area (TPSA) is 29.9 Å². The minimum Gasteiger partial charge on any atom is -0.305 e. The van der Waals surface area contributed by atoms with E-state index in [-0.39, 0.29) is 0 Å². The van der Waals surface area contributed by atoms with Crippen molar-refractivity contribution >= 4 is 15.9 Å². The van der Waals surface area contributed by atoms with Gasteiger partial charge >= 0.3 is 0 Å². The Hall–Kier alpha value is -1.13. The Morgan fingerprint density at radius 2 is 1.95 bits per heavy atom. The summed E-state index contributed by atoms with van der Waals surface area (Å²) in [6, 6.07) is 10.8. The number of nitrogens with one attached hydrogen (secondary N) is 1. The van der Waals surface area contributed by atoms with E-state index in [4.69, 9.17) is 0 Å². The first-order valence-corrected chi connectivity index (χ1v) is 7.99. The maximum Gasteiger partial charge on any atom is 0.0767 e. The van der Waals surface area contributed by atoms with Crippen LogP contribution >= 0.6 is 15.9 Å². The molecule has 1 aromatic heterocycles. The molecule has 20 heavy (non-hydrogen) atoms. The van der Waals surface area contributed by atoms with Gasteiger partial charge in [-0.3, -0.25) is 4.68 Å². The number of hydrogen-bond acceptors (Lipinski definition) is 2. The number of benzene rings is 1. The van der Waals surface area contributed by atoms with Crippen LogP contribution in [0.2, 0.25) is 0 Å². The van der Waals surface area contributed by atoms with E-state index >= 15 is 0 Å². The molecule has 0 aliphatic carbocycles. The van der Waals surface area contributed by atoms with E-state index in [1.54, 1.807) is 0 Å². The Balaban J connectivity index is 2.09. The third kappa shape index (κ3) is 3.30. The molecule has 1 N–H and O–H groups in total. The maximum absolute atomic E-state index is 4.63. The van der Waals surface area contributed by atoms with Crippen molar-refractivity contribution in [2.45, 2.75) is 46.3 Å². The van der Waals surface area contributed by atoms with E-state index in [1.165, 1.54) is 11.3 Å². The van der Waals surface area contributed by atoms with Gasteiger partial charge in [-0.2, -0.15) is 5.10 Å². The highest BCUT2D eigenvalue weighted by atomic mass is 79.9. The summed E-state index contributed by atoms with van der Waals surface area (Å²) < 4.78 is 3.22. The molecule has 2 aromatic rings. The summed E-state index contributed by atoms with van der Waals surface area (Å²) in [5.41, 5.74) is 3.67. The molecular formula is C16H22BrN3. The zero-order valence-corrected chi connectivity index (χ0v) is 13.9. The molecule has 108 valence electrons. The van der Waals surface area contributed by atoms with Crippen molar-refractivity contribution in [3.8, 4) is 0 Å². The van der Waals surface area contributed by atoms with Gasteiger partial charge in [-0.1, -0.05) is 37.3 Å². The molecule has 1 aromatic carbocycles. The number of rotatable bonds is 6. The predicted molar refractivity (Wildman–Crippen MR) is 86.7 cm³/mol. The number of hydrogen-bond donors (Lipinski definition) is 1. The highest BCUT2D eigenvalue weighted by Crippen LogP contribution is 2.23. The van der Waals surface area contributed by atoms with E-state index in [0.717, 1.165) is 29.7 Å². The van der Waals surface area contributed by atoms with Crippen molar-refractivity contribution in [3.63, 3.8) is 0 Å². The maximum atomic E-state index is 4.63. The monoisotopic (exact) mass is 335 g/mol. The minimum atomic E-state index is 0.327. The standard InChI is InChI=1S/C16H22BrN3/c1-4-14-16(17)15(20(5-2)19-14)11-18-12(3)13-9-7-6-8-10-13/h6-10,12,18H,4-5,11H2,1-3H3. The number of aryl methyl sites for hydroxylation is 2. The van der Waals surface area contributed by atoms with Crippen LogP contribution in [0.15, 0.2) is 34.8 Å². The highest BCUT2D eigenvalue weighted by Gasteiger charge is 2.14. The fourth-order valence-electron chi connectivity index (χ4n) is 2.30. The third-order valence-corrected chi connectivity index (χ3v) is 4.48. The molecule has 1 heterocycles. The molecule has 4 heteroatoms. The molecule has 0 aliphatic heterocycles. The average molecular weight is 336 g/mol. The van der Waals surface area contributed by atoms with Crippen LogP contribution in [-0.2, 0) is 19.5 Å². The lowest BCUT2D eigenvalue weighted by atomic mass is 10.1. The summed E-state index contributed by atoms with van der Waals surface area (Å²) in [6.07, 6.45) is 0.953. The quantitative estimate of drug-likeness (QED) is 0.861. The van der Waals surface area contributed by atoms with Crippen molar-refractivity contribution < 1.29 is 0 Å². The highest BCUT2D eigenvalue weighted by molar-refractivity contribution is 9.10. The van der Waals surface area contributed by atoms with Crippen LogP contribution in [0.5, 0.6) is 0 Å². The van der Waals surface area contributed by atoms with E-state index in [2.05, 4.69) is 76.1 Å². The summed E-state index contributed by atoms with van der Waals surface area (Å²) in [5, 5.41) is 8.20. The normalized spacial score (nSPS) is 12.6. The molecule has 0 bridgehead atoms. The van der Waals surface area contributed by atoms with Crippen LogP contribution in [0.1, 0.15) is 43.8 Å². The Bertz CT molecular complexity index is 548. The zero-order valence-electron chi connectivity index (χ0n) is 12.4. The second kappa shape index (κ2) is 7.04. The van der Waals surface area contributed by atoms with Gasteiger partial charge in [0.1, 0.15) is 0 Å². The first-order chi connectivity index (χ1) is 9.67. The molecule has 0 fully saturated rings. The summed E-state index contributed by atoms with van der Waals surface area (Å²) in [6.45, 7) is 8.17. The Kier molecular flexibility index (Phi) is 5.38. The fraction of sp³-hybridized carbons (Fsp3) is 0.438. The smallest absolute Gasteiger partial charge is 0.0767 e. The summed E-state index contributed by atoms with van der Waals surface area (Å²) in [7, 11) is 0. The van der Waals surface area contributed by atoms with Crippen molar-refractivity contribution in [1.29, 1.82) is 0 Å². The minimum absolute atomic E-state index is 0.327. The van der Waals surface area contributed by atoms with Crippen LogP contribution in [0, 0.1) is 0 Å². The van der Waals surface area contributed by atoms with Gasteiger partial charge in [0.25, 0.3) is 0 Å². The first kappa shape index (κ1) is 15.3. The summed E-state index contributed by atoms with van der Waals surface area (Å²) >= 11 is 3.69. The molecule has 1 unspecified atom stereocenters. The van der Waals surface area contributed by atoms with Crippen molar-refractivity contribution in [1.82, 2.24) is 15.1 Å². The van der Waals surface area contributed by atoms with Gasteiger partial charge in [0.05, 0.1) is 15.9 Å². The lowest BCUT2D eigenvalue weighted by Crippen LogP contribution is -2.20. The van der Waals surface area contributed by atoms with E-state index < -0.39 is 0 Å². The number of nitrogens with zero attached hydrogens (tertiary/aromatic N) is 2. The zero-order chi connectivity index (χ0) is 14.5. The number of aromatic nitrogens is 2. The molecule has 0 aliphatic rings. The molecule has 0 spiro atoms. The molecule has 1 atom stereocenters. The lowest BCUT2D eigenvalue weighted by molar-refractivity contribution is 0.529. The fourth-order valence-corrected chi connectivity index (χ4v) is 3.00. The average Bonchev–Trinajstić information content (AvgIpc) is 2.81. The van der Waals surface area contributed by atoms with Gasteiger partial charge in [0.2, 0.25) is 0 Å². The second-order valence-electron chi connectivity index (χ2n) is 4.89. The molecule has 2 rings (SSSR count). The molecule has 0 saturated carbocycles. The molecule has 3 nitrogen and oxygen atoms in total. The van der Waals surface area contributed by atoms with Crippen molar-refractivity contribution in [2.75, 3.05) is 0 Å². The van der Waals surface area contributed by atoms with Crippen LogP contribution in [-0.4, -0.2) is 9.78 Å². The number of halogens is 1. The Morgan fingerprint density at radius 1 is 1.25 bits per heavy atom.